The lowest BCUT2D eigenvalue weighted by atomic mass is 9.83. The lowest BCUT2D eigenvalue weighted by molar-refractivity contribution is -0.155. The molecule has 2 aromatic carbocycles. The zero-order chi connectivity index (χ0) is 33.3. The first kappa shape index (κ1) is 34.1. The Hall–Kier alpha value is -3.24. The Morgan fingerprint density at radius 2 is 1.63 bits per heavy atom. The Morgan fingerprint density at radius 1 is 0.935 bits per heavy atom. The molecular formula is C32H38ClNO12. The molecule has 13 nitrogen and oxygen atoms in total. The van der Waals surface area contributed by atoms with Gasteiger partial charge in [0.15, 0.2) is 11.5 Å². The largest absolute Gasteiger partial charge is 0.504 e. The number of aliphatic hydroxyl groups excluding tert-OH is 5. The van der Waals surface area contributed by atoms with E-state index < -0.39 is 67.1 Å². The van der Waals surface area contributed by atoms with Gasteiger partial charge in [-0.1, -0.05) is 29.8 Å². The maximum atomic E-state index is 12.9. The first-order chi connectivity index (χ1) is 21.9. The zero-order valence-electron chi connectivity index (χ0n) is 25.3. The fourth-order valence-corrected chi connectivity index (χ4v) is 5.78. The number of amides is 1. The first-order valence-corrected chi connectivity index (χ1v) is 15.1. The summed E-state index contributed by atoms with van der Waals surface area (Å²) in [4.78, 5) is 12.9. The number of fused-ring (bicyclic) bond motifs is 1. The van der Waals surface area contributed by atoms with Crippen LogP contribution in [0.4, 0.5) is 0 Å². The Bertz CT molecular complexity index is 1480. The third-order valence-corrected chi connectivity index (χ3v) is 8.78. The summed E-state index contributed by atoms with van der Waals surface area (Å²) >= 11 is 6.15. The van der Waals surface area contributed by atoms with Crippen LogP contribution >= 0.6 is 11.6 Å². The summed E-state index contributed by atoms with van der Waals surface area (Å²) in [6, 6.07) is 10.1. The van der Waals surface area contributed by atoms with Crippen LogP contribution in [0.15, 0.2) is 59.2 Å². The number of aromatic hydroxyl groups is 1. The third-order valence-electron chi connectivity index (χ3n) is 8.47. The van der Waals surface area contributed by atoms with Crippen molar-refractivity contribution in [3.05, 3.63) is 69.8 Å². The average molecular weight is 664 g/mol. The summed E-state index contributed by atoms with van der Waals surface area (Å²) < 4.78 is 27.8. The van der Waals surface area contributed by atoms with Crippen LogP contribution in [0.3, 0.4) is 0 Å². The van der Waals surface area contributed by atoms with E-state index in [4.69, 9.17) is 35.3 Å². The summed E-state index contributed by atoms with van der Waals surface area (Å²) in [5, 5.41) is 66.4. The van der Waals surface area contributed by atoms with Gasteiger partial charge in [-0.05, 0) is 67.8 Å². The van der Waals surface area contributed by atoms with Crippen LogP contribution in [-0.2, 0) is 19.0 Å². The van der Waals surface area contributed by atoms with E-state index >= 15 is 0 Å². The molecule has 0 aromatic heterocycles. The van der Waals surface area contributed by atoms with Crippen molar-refractivity contribution in [1.82, 2.24) is 5.32 Å². The Morgan fingerprint density at radius 3 is 2.33 bits per heavy atom. The van der Waals surface area contributed by atoms with Crippen molar-refractivity contribution >= 4 is 23.6 Å². The van der Waals surface area contributed by atoms with Crippen LogP contribution in [0, 0.1) is 0 Å². The Kier molecular flexibility index (Phi) is 10.6. The number of benzene rings is 2. The van der Waals surface area contributed by atoms with E-state index in [-0.39, 0.29) is 30.5 Å². The summed E-state index contributed by atoms with van der Waals surface area (Å²) in [5.41, 5.74) is 1.97. The van der Waals surface area contributed by atoms with Gasteiger partial charge in [-0.3, -0.25) is 4.79 Å². The molecule has 0 radical (unpaired) electrons. The van der Waals surface area contributed by atoms with Crippen LogP contribution in [0.1, 0.15) is 26.3 Å². The van der Waals surface area contributed by atoms with Crippen LogP contribution in [0.25, 0.3) is 6.08 Å². The van der Waals surface area contributed by atoms with Crippen molar-refractivity contribution in [2.24, 2.45) is 0 Å². The number of halogens is 1. The van der Waals surface area contributed by atoms with Gasteiger partial charge >= 0.3 is 0 Å². The van der Waals surface area contributed by atoms with Crippen LogP contribution in [-0.4, -0.2) is 111 Å². The number of hydrogen-bond donors (Lipinski definition) is 7. The highest BCUT2D eigenvalue weighted by Crippen LogP contribution is 2.35. The molecule has 1 saturated carbocycles. The molecule has 2 saturated heterocycles. The van der Waals surface area contributed by atoms with Crippen molar-refractivity contribution in [3.8, 4) is 17.2 Å². The van der Waals surface area contributed by atoms with Gasteiger partial charge in [0.2, 0.25) is 12.2 Å². The quantitative estimate of drug-likeness (QED) is 0.149. The second-order valence-electron chi connectivity index (χ2n) is 11.6. The lowest BCUT2D eigenvalue weighted by Gasteiger charge is -2.41. The van der Waals surface area contributed by atoms with Gasteiger partial charge in [-0.25, -0.2) is 0 Å². The molecule has 250 valence electrons. The normalized spacial score (nSPS) is 33.3. The second-order valence-corrected chi connectivity index (χ2v) is 12.0. The average Bonchev–Trinajstić information content (AvgIpc) is 3.64. The van der Waals surface area contributed by atoms with Crippen LogP contribution < -0.4 is 14.8 Å². The van der Waals surface area contributed by atoms with Crippen molar-refractivity contribution < 1.29 is 59.1 Å². The molecule has 3 fully saturated rings. The minimum atomic E-state index is -1.49. The van der Waals surface area contributed by atoms with Gasteiger partial charge in [0.25, 0.3) is 0 Å². The van der Waals surface area contributed by atoms with Crippen molar-refractivity contribution in [2.75, 3.05) is 13.4 Å². The zero-order valence-corrected chi connectivity index (χ0v) is 26.1. The summed E-state index contributed by atoms with van der Waals surface area (Å²) in [6.07, 6.45) is -9.49. The number of phenols is 1. The molecule has 10 atom stereocenters. The molecule has 46 heavy (non-hydrogen) atoms. The molecule has 2 aromatic rings. The molecule has 1 aliphatic carbocycles. The fraction of sp³-hybridized carbons (Fsp3) is 0.469. The van der Waals surface area contributed by atoms with Crippen LogP contribution in [0.2, 0.25) is 5.02 Å². The van der Waals surface area contributed by atoms with E-state index in [2.05, 4.69) is 5.32 Å². The number of hydrogen-bond acceptors (Lipinski definition) is 12. The van der Waals surface area contributed by atoms with Gasteiger partial charge in [0.1, 0.15) is 68.0 Å². The smallest absolute Gasteiger partial charge is 0.247 e. The van der Waals surface area contributed by atoms with Crippen molar-refractivity contribution in [3.63, 3.8) is 0 Å². The van der Waals surface area contributed by atoms with E-state index in [0.717, 1.165) is 5.57 Å². The van der Waals surface area contributed by atoms with E-state index in [1.807, 2.05) is 0 Å². The molecule has 7 N–H and O–H groups in total. The number of carbonyl (C=O) groups is 1. The predicted molar refractivity (Wildman–Crippen MR) is 163 cm³/mol. The minimum absolute atomic E-state index is 0.0349. The van der Waals surface area contributed by atoms with Gasteiger partial charge in [0.05, 0.1) is 11.1 Å². The van der Waals surface area contributed by atoms with E-state index in [1.54, 1.807) is 44.2 Å². The monoisotopic (exact) mass is 663 g/mol. The number of carbonyl (C=O) groups excluding carboxylic acids is 1. The third kappa shape index (κ3) is 7.03. The standard InChI is InChI=1S/C32H38ClNO12/c1-14(31(41)34-22-23(36)25(38)30-29(24(22)37)43-13-44-30)10-17-8-9-21(19(35)11-17)45-32-27(40)26(39)28(46-32)16(3)15(2)12-42-20-7-5-4-6-18(20)33/h4-11,22-30,32,35-40H,12-13H2,1-3H3,(H,34,41)/t22-,23+,24-,25-,26+,27+,28-,29+,30-,32-/m1/s1. The summed E-state index contributed by atoms with van der Waals surface area (Å²) in [6.45, 7) is 5.07. The highest BCUT2D eigenvalue weighted by Gasteiger charge is 2.53. The second kappa shape index (κ2) is 14.3. The number of ether oxygens (including phenoxy) is 5. The Labute approximate surface area is 270 Å². The molecule has 1 amide bonds. The van der Waals surface area contributed by atoms with Gasteiger partial charge < -0.3 is 59.6 Å². The first-order valence-electron chi connectivity index (χ1n) is 14.7. The highest BCUT2D eigenvalue weighted by atomic mass is 35.5. The van der Waals surface area contributed by atoms with Crippen molar-refractivity contribution in [2.45, 2.75) is 81.9 Å². The maximum Gasteiger partial charge on any atom is 0.247 e. The maximum absolute atomic E-state index is 12.9. The Balaban J connectivity index is 1.20. The number of nitrogens with one attached hydrogen (secondary N) is 1. The molecule has 5 rings (SSSR count). The van der Waals surface area contributed by atoms with E-state index in [1.165, 1.54) is 25.1 Å². The number of rotatable bonds is 9. The molecule has 3 aliphatic rings. The topological polar surface area (TPSA) is 197 Å². The van der Waals surface area contributed by atoms with E-state index in [0.29, 0.717) is 21.9 Å². The predicted octanol–water partition coefficient (Wildman–Crippen LogP) is 1.01. The molecular weight excluding hydrogens is 626 g/mol. The molecule has 2 aliphatic heterocycles. The van der Waals surface area contributed by atoms with Gasteiger partial charge in [-0.15, -0.1) is 0 Å². The number of aliphatic hydroxyl groups is 5. The lowest BCUT2D eigenvalue weighted by Crippen LogP contribution is -2.67. The summed E-state index contributed by atoms with van der Waals surface area (Å²) in [5.74, 6) is -0.486. The molecule has 0 spiro atoms. The number of phenolic OH excluding ortho intramolecular Hbond substituents is 1. The van der Waals surface area contributed by atoms with E-state index in [9.17, 15) is 35.4 Å². The fourth-order valence-electron chi connectivity index (χ4n) is 5.59. The molecule has 14 heteroatoms. The van der Waals surface area contributed by atoms with Gasteiger partial charge in [0, 0.05) is 5.57 Å². The molecule has 0 unspecified atom stereocenters. The van der Waals surface area contributed by atoms with Crippen molar-refractivity contribution in [1.29, 1.82) is 0 Å². The SMILES string of the molecule is CC(=Cc1ccc(O[C@@H]2O[C@H](C(C)=C(C)COc3ccccc3Cl)[C@@H](O)[C@@H]2O)c(O)c1)C(=O)N[C@@H]1[C@H](O)[C@@H](O)[C@H]2OCO[C@H]2[C@@H]1O. The highest BCUT2D eigenvalue weighted by molar-refractivity contribution is 6.32. The molecule has 2 heterocycles. The minimum Gasteiger partial charge on any atom is -0.504 e. The molecule has 0 bridgehead atoms. The van der Waals surface area contributed by atoms with Gasteiger partial charge in [-0.2, -0.15) is 0 Å². The number of para-hydroxylation sites is 1. The van der Waals surface area contributed by atoms with Crippen LogP contribution in [0.5, 0.6) is 17.2 Å². The summed E-state index contributed by atoms with van der Waals surface area (Å²) in [7, 11) is 0.